The average molecular weight is 262 g/mol. The fourth-order valence-corrected chi connectivity index (χ4v) is 2.34. The molecule has 104 valence electrons. The zero-order valence-electron chi connectivity index (χ0n) is 11.2. The molecule has 4 heteroatoms. The van der Waals surface area contributed by atoms with Gasteiger partial charge in [0.25, 0.3) is 0 Å². The second-order valence-corrected chi connectivity index (χ2v) is 5.00. The highest BCUT2D eigenvalue weighted by molar-refractivity contribution is 5.80. The normalized spacial score (nSPS) is 19.1. The van der Waals surface area contributed by atoms with E-state index >= 15 is 0 Å². The van der Waals surface area contributed by atoms with Crippen molar-refractivity contribution in [3.63, 3.8) is 0 Å². The molecule has 1 aromatic carbocycles. The van der Waals surface area contributed by atoms with Crippen molar-refractivity contribution in [2.24, 2.45) is 0 Å². The molecule has 1 saturated heterocycles. The van der Waals surface area contributed by atoms with Gasteiger partial charge < -0.3 is 15.8 Å². The SMILES string of the molecule is Nc1ccccc1CC(=O)NCCC1CCCCO1. The van der Waals surface area contributed by atoms with E-state index in [1.165, 1.54) is 6.42 Å². The number of nitrogen functional groups attached to an aromatic ring is 1. The highest BCUT2D eigenvalue weighted by atomic mass is 16.5. The van der Waals surface area contributed by atoms with E-state index in [2.05, 4.69) is 5.32 Å². The van der Waals surface area contributed by atoms with Gasteiger partial charge in [0.05, 0.1) is 12.5 Å². The molecule has 3 N–H and O–H groups in total. The van der Waals surface area contributed by atoms with Gasteiger partial charge in [-0.1, -0.05) is 18.2 Å². The number of rotatable bonds is 5. The first-order valence-corrected chi connectivity index (χ1v) is 6.97. The van der Waals surface area contributed by atoms with E-state index < -0.39 is 0 Å². The molecule has 0 bridgehead atoms. The van der Waals surface area contributed by atoms with Crippen LogP contribution in [-0.4, -0.2) is 25.2 Å². The van der Waals surface area contributed by atoms with Crippen LogP contribution in [0.15, 0.2) is 24.3 Å². The number of anilines is 1. The van der Waals surface area contributed by atoms with E-state index in [0.29, 0.717) is 24.8 Å². The number of benzene rings is 1. The van der Waals surface area contributed by atoms with Gasteiger partial charge in [0.2, 0.25) is 5.91 Å². The molecule has 0 aromatic heterocycles. The van der Waals surface area contributed by atoms with Gasteiger partial charge in [-0.15, -0.1) is 0 Å². The second-order valence-electron chi connectivity index (χ2n) is 5.00. The highest BCUT2D eigenvalue weighted by Crippen LogP contribution is 2.15. The van der Waals surface area contributed by atoms with Gasteiger partial charge in [-0.05, 0) is 37.3 Å². The summed E-state index contributed by atoms with van der Waals surface area (Å²) in [5, 5.41) is 2.93. The summed E-state index contributed by atoms with van der Waals surface area (Å²) in [6, 6.07) is 7.48. The lowest BCUT2D eigenvalue weighted by atomic mass is 10.1. The van der Waals surface area contributed by atoms with Crippen molar-refractivity contribution in [1.29, 1.82) is 0 Å². The van der Waals surface area contributed by atoms with Crippen LogP contribution in [-0.2, 0) is 16.0 Å². The minimum atomic E-state index is 0.0220. The van der Waals surface area contributed by atoms with Gasteiger partial charge in [0, 0.05) is 18.8 Å². The van der Waals surface area contributed by atoms with Crippen molar-refractivity contribution in [3.05, 3.63) is 29.8 Å². The van der Waals surface area contributed by atoms with Gasteiger partial charge in [-0.25, -0.2) is 0 Å². The summed E-state index contributed by atoms with van der Waals surface area (Å²) in [7, 11) is 0. The smallest absolute Gasteiger partial charge is 0.224 e. The highest BCUT2D eigenvalue weighted by Gasteiger charge is 2.13. The third kappa shape index (κ3) is 4.56. The van der Waals surface area contributed by atoms with E-state index in [4.69, 9.17) is 10.5 Å². The maximum absolute atomic E-state index is 11.8. The summed E-state index contributed by atoms with van der Waals surface area (Å²) >= 11 is 0. The first-order chi connectivity index (χ1) is 9.25. The van der Waals surface area contributed by atoms with Crippen LogP contribution in [0.25, 0.3) is 0 Å². The van der Waals surface area contributed by atoms with Crippen LogP contribution in [0, 0.1) is 0 Å². The monoisotopic (exact) mass is 262 g/mol. The summed E-state index contributed by atoms with van der Waals surface area (Å²) in [6.45, 7) is 1.54. The van der Waals surface area contributed by atoms with Crippen molar-refractivity contribution in [2.45, 2.75) is 38.2 Å². The van der Waals surface area contributed by atoms with Gasteiger partial charge in [-0.3, -0.25) is 4.79 Å². The van der Waals surface area contributed by atoms with Crippen LogP contribution < -0.4 is 11.1 Å². The van der Waals surface area contributed by atoms with Gasteiger partial charge in [0.1, 0.15) is 0 Å². The Morgan fingerprint density at radius 3 is 2.95 bits per heavy atom. The zero-order chi connectivity index (χ0) is 13.5. The maximum atomic E-state index is 11.8. The van der Waals surface area contributed by atoms with Crippen LogP contribution in [0.1, 0.15) is 31.2 Å². The lowest BCUT2D eigenvalue weighted by molar-refractivity contribution is -0.120. The minimum absolute atomic E-state index is 0.0220. The summed E-state index contributed by atoms with van der Waals surface area (Å²) in [4.78, 5) is 11.8. The zero-order valence-corrected chi connectivity index (χ0v) is 11.2. The van der Waals surface area contributed by atoms with E-state index in [-0.39, 0.29) is 5.91 Å². The average Bonchev–Trinajstić information content (AvgIpc) is 2.43. The Kier molecular flexibility index (Phi) is 5.21. The molecular formula is C15H22N2O2. The van der Waals surface area contributed by atoms with Crippen LogP contribution in [0.4, 0.5) is 5.69 Å². The quantitative estimate of drug-likeness (QED) is 0.796. The van der Waals surface area contributed by atoms with Crippen LogP contribution in [0.5, 0.6) is 0 Å². The molecule has 0 saturated carbocycles. The summed E-state index contributed by atoms with van der Waals surface area (Å²) < 4.78 is 5.63. The Morgan fingerprint density at radius 2 is 2.21 bits per heavy atom. The van der Waals surface area contributed by atoms with Gasteiger partial charge in [0.15, 0.2) is 0 Å². The molecular weight excluding hydrogens is 240 g/mol. The molecule has 1 aromatic rings. The number of amides is 1. The molecule has 1 unspecified atom stereocenters. The number of hydrogen-bond acceptors (Lipinski definition) is 3. The number of nitrogens with two attached hydrogens (primary N) is 1. The second kappa shape index (κ2) is 7.14. The molecule has 1 aliphatic rings. The Labute approximate surface area is 114 Å². The predicted octanol–water partition coefficient (Wildman–Crippen LogP) is 1.89. The fourth-order valence-electron chi connectivity index (χ4n) is 2.34. The minimum Gasteiger partial charge on any atom is -0.398 e. The lowest BCUT2D eigenvalue weighted by Gasteiger charge is -2.22. The van der Waals surface area contributed by atoms with E-state index in [9.17, 15) is 4.79 Å². The topological polar surface area (TPSA) is 64.4 Å². The number of carbonyl (C=O) groups excluding carboxylic acids is 1. The van der Waals surface area contributed by atoms with Crippen molar-refractivity contribution in [2.75, 3.05) is 18.9 Å². The Balaban J connectivity index is 1.68. The molecule has 1 fully saturated rings. The van der Waals surface area contributed by atoms with Crippen LogP contribution >= 0.6 is 0 Å². The molecule has 0 aliphatic carbocycles. The maximum Gasteiger partial charge on any atom is 0.224 e. The number of hydrogen-bond donors (Lipinski definition) is 2. The van der Waals surface area contributed by atoms with Crippen molar-refractivity contribution >= 4 is 11.6 Å². The molecule has 1 atom stereocenters. The Bertz CT molecular complexity index is 414. The first kappa shape index (κ1) is 13.9. The predicted molar refractivity (Wildman–Crippen MR) is 75.8 cm³/mol. The van der Waals surface area contributed by atoms with Gasteiger partial charge in [-0.2, -0.15) is 0 Å². The number of ether oxygens (including phenoxy) is 1. The summed E-state index contributed by atoms with van der Waals surface area (Å²) in [5.41, 5.74) is 7.37. The first-order valence-electron chi connectivity index (χ1n) is 6.97. The molecule has 1 amide bonds. The van der Waals surface area contributed by atoms with E-state index in [0.717, 1.165) is 31.4 Å². The largest absolute Gasteiger partial charge is 0.398 e. The van der Waals surface area contributed by atoms with Crippen molar-refractivity contribution in [3.8, 4) is 0 Å². The fraction of sp³-hybridized carbons (Fsp3) is 0.533. The molecule has 1 heterocycles. The van der Waals surface area contributed by atoms with E-state index in [1.807, 2.05) is 24.3 Å². The third-order valence-electron chi connectivity index (χ3n) is 3.47. The lowest BCUT2D eigenvalue weighted by Crippen LogP contribution is -2.30. The van der Waals surface area contributed by atoms with Crippen molar-refractivity contribution < 1.29 is 9.53 Å². The molecule has 0 radical (unpaired) electrons. The molecule has 4 nitrogen and oxygen atoms in total. The summed E-state index contributed by atoms with van der Waals surface area (Å²) in [6.07, 6.45) is 5.07. The molecule has 2 rings (SSSR count). The number of nitrogens with one attached hydrogen (secondary N) is 1. The molecule has 19 heavy (non-hydrogen) atoms. The van der Waals surface area contributed by atoms with E-state index in [1.54, 1.807) is 0 Å². The van der Waals surface area contributed by atoms with Crippen LogP contribution in [0.2, 0.25) is 0 Å². The third-order valence-corrected chi connectivity index (χ3v) is 3.47. The standard InChI is InChI=1S/C15H22N2O2/c16-14-7-2-1-5-12(14)11-15(18)17-9-8-13-6-3-4-10-19-13/h1-2,5,7,13H,3-4,6,8-11,16H2,(H,17,18). The van der Waals surface area contributed by atoms with Crippen LogP contribution in [0.3, 0.4) is 0 Å². The molecule has 1 aliphatic heterocycles. The number of carbonyl (C=O) groups is 1. The number of para-hydroxylation sites is 1. The summed E-state index contributed by atoms with van der Waals surface area (Å²) in [5.74, 6) is 0.0220. The Hall–Kier alpha value is -1.55. The molecule has 0 spiro atoms. The van der Waals surface area contributed by atoms with Gasteiger partial charge >= 0.3 is 0 Å². The Morgan fingerprint density at radius 1 is 1.37 bits per heavy atom. The van der Waals surface area contributed by atoms with Crippen molar-refractivity contribution in [1.82, 2.24) is 5.32 Å².